The molecule has 2 aliphatic rings. The van der Waals surface area contributed by atoms with E-state index in [2.05, 4.69) is 47.5 Å². The van der Waals surface area contributed by atoms with Crippen LogP contribution < -0.4 is 10.2 Å². The number of amides is 1. The second kappa shape index (κ2) is 8.81. The normalized spacial score (nSPS) is 17.7. The maximum Gasteiger partial charge on any atom is 0.251 e. The first-order valence-electron chi connectivity index (χ1n) is 11.0. The van der Waals surface area contributed by atoms with Crippen LogP contribution in [0, 0.1) is 0 Å². The molecular formula is C25H32N2O. The summed E-state index contributed by atoms with van der Waals surface area (Å²) in [6.07, 6.45) is 9.71. The van der Waals surface area contributed by atoms with Gasteiger partial charge in [0.2, 0.25) is 0 Å². The van der Waals surface area contributed by atoms with Crippen molar-refractivity contribution in [2.45, 2.75) is 64.3 Å². The Balaban J connectivity index is 1.44. The van der Waals surface area contributed by atoms with Gasteiger partial charge in [-0.15, -0.1) is 0 Å². The van der Waals surface area contributed by atoms with Crippen molar-refractivity contribution >= 4 is 11.6 Å². The van der Waals surface area contributed by atoms with Crippen LogP contribution in [0.25, 0.3) is 0 Å². The number of anilines is 1. The van der Waals surface area contributed by atoms with Crippen LogP contribution in [-0.4, -0.2) is 19.0 Å². The van der Waals surface area contributed by atoms with Gasteiger partial charge in [-0.3, -0.25) is 4.79 Å². The Labute approximate surface area is 169 Å². The molecule has 28 heavy (non-hydrogen) atoms. The van der Waals surface area contributed by atoms with E-state index >= 15 is 0 Å². The van der Waals surface area contributed by atoms with E-state index in [1.54, 1.807) is 0 Å². The third-order valence-corrected chi connectivity index (χ3v) is 6.34. The maximum absolute atomic E-state index is 12.8. The molecule has 1 N–H and O–H groups in total. The molecule has 0 saturated carbocycles. The van der Waals surface area contributed by atoms with E-state index in [9.17, 15) is 4.79 Å². The summed E-state index contributed by atoms with van der Waals surface area (Å²) in [5, 5.41) is 3.25. The molecule has 3 nitrogen and oxygen atoms in total. The van der Waals surface area contributed by atoms with Crippen molar-refractivity contribution in [3.8, 4) is 0 Å². The van der Waals surface area contributed by atoms with Crippen LogP contribution in [0.3, 0.4) is 0 Å². The monoisotopic (exact) mass is 376 g/mol. The van der Waals surface area contributed by atoms with Crippen molar-refractivity contribution in [3.05, 3.63) is 64.7 Å². The van der Waals surface area contributed by atoms with E-state index in [1.165, 1.54) is 67.3 Å². The van der Waals surface area contributed by atoms with Gasteiger partial charge in [0, 0.05) is 24.3 Å². The number of hydrogen-bond acceptors (Lipinski definition) is 2. The smallest absolute Gasteiger partial charge is 0.251 e. The molecule has 148 valence electrons. The number of hydrogen-bond donors (Lipinski definition) is 1. The highest BCUT2D eigenvalue weighted by Gasteiger charge is 2.17. The predicted molar refractivity (Wildman–Crippen MR) is 116 cm³/mol. The molecule has 1 aliphatic heterocycles. The molecule has 2 aromatic rings. The van der Waals surface area contributed by atoms with Crippen molar-refractivity contribution in [2.24, 2.45) is 0 Å². The summed E-state index contributed by atoms with van der Waals surface area (Å²) in [4.78, 5) is 15.3. The fourth-order valence-corrected chi connectivity index (χ4v) is 4.61. The van der Waals surface area contributed by atoms with E-state index in [4.69, 9.17) is 0 Å². The third kappa shape index (κ3) is 4.24. The summed E-state index contributed by atoms with van der Waals surface area (Å²) in [5.74, 6) is 0.0229. The Morgan fingerprint density at radius 3 is 2.36 bits per heavy atom. The van der Waals surface area contributed by atoms with Crippen LogP contribution in [0.4, 0.5) is 5.69 Å². The molecule has 1 heterocycles. The van der Waals surface area contributed by atoms with Gasteiger partial charge in [-0.1, -0.05) is 25.1 Å². The lowest BCUT2D eigenvalue weighted by Crippen LogP contribution is -2.30. The zero-order chi connectivity index (χ0) is 19.3. The first kappa shape index (κ1) is 19.0. The predicted octanol–water partition coefficient (Wildman–Crippen LogP) is 5.44. The first-order valence-corrected chi connectivity index (χ1v) is 11.0. The molecule has 1 aliphatic carbocycles. The van der Waals surface area contributed by atoms with E-state index in [-0.39, 0.29) is 11.9 Å². The average molecular weight is 377 g/mol. The zero-order valence-electron chi connectivity index (χ0n) is 17.0. The number of carbonyl (C=O) groups is 1. The number of fused-ring (bicyclic) bond motifs is 1. The largest absolute Gasteiger partial charge is 0.372 e. The lowest BCUT2D eigenvalue weighted by atomic mass is 9.88. The van der Waals surface area contributed by atoms with Gasteiger partial charge in [0.05, 0.1) is 6.04 Å². The highest BCUT2D eigenvalue weighted by Crippen LogP contribution is 2.26. The van der Waals surface area contributed by atoms with Crippen LogP contribution >= 0.6 is 0 Å². The van der Waals surface area contributed by atoms with E-state index in [1.807, 2.05) is 12.1 Å². The lowest BCUT2D eigenvalue weighted by molar-refractivity contribution is 0.0935. The summed E-state index contributed by atoms with van der Waals surface area (Å²) in [5.41, 5.74) is 6.18. The summed E-state index contributed by atoms with van der Waals surface area (Å²) in [6.45, 7) is 4.40. The van der Waals surface area contributed by atoms with Crippen molar-refractivity contribution in [3.63, 3.8) is 0 Å². The summed E-state index contributed by atoms with van der Waals surface area (Å²) >= 11 is 0. The number of benzene rings is 2. The fraction of sp³-hybridized carbons (Fsp3) is 0.480. The summed E-state index contributed by atoms with van der Waals surface area (Å²) < 4.78 is 0. The Morgan fingerprint density at radius 1 is 0.929 bits per heavy atom. The van der Waals surface area contributed by atoms with E-state index in [0.717, 1.165) is 25.1 Å². The number of piperidine rings is 1. The van der Waals surface area contributed by atoms with E-state index < -0.39 is 0 Å². The minimum atomic E-state index is 0.0229. The Morgan fingerprint density at radius 2 is 1.64 bits per heavy atom. The van der Waals surface area contributed by atoms with Crippen LogP contribution in [0.2, 0.25) is 0 Å². The third-order valence-electron chi connectivity index (χ3n) is 6.34. The summed E-state index contributed by atoms with van der Waals surface area (Å²) in [7, 11) is 0. The second-order valence-corrected chi connectivity index (χ2v) is 8.26. The van der Waals surface area contributed by atoms with Gasteiger partial charge >= 0.3 is 0 Å². The fourth-order valence-electron chi connectivity index (χ4n) is 4.61. The number of carbonyl (C=O) groups excluding carboxylic acids is 1. The summed E-state index contributed by atoms with van der Waals surface area (Å²) in [6, 6.07) is 15.0. The van der Waals surface area contributed by atoms with Crippen molar-refractivity contribution in [1.29, 1.82) is 0 Å². The van der Waals surface area contributed by atoms with Crippen molar-refractivity contribution < 1.29 is 4.79 Å². The molecule has 1 unspecified atom stereocenters. The van der Waals surface area contributed by atoms with Gasteiger partial charge in [0.1, 0.15) is 0 Å². The van der Waals surface area contributed by atoms with Gasteiger partial charge < -0.3 is 10.2 Å². The SMILES string of the molecule is CCC(NC(=O)c1ccc(N2CCCCC2)cc1)c1ccc2c(c1)CCCC2. The molecular weight excluding hydrogens is 344 g/mol. The topological polar surface area (TPSA) is 32.3 Å². The quantitative estimate of drug-likeness (QED) is 0.754. The molecule has 2 aromatic carbocycles. The lowest BCUT2D eigenvalue weighted by Gasteiger charge is -2.28. The standard InChI is InChI=1S/C25H32N2O/c1-2-24(22-11-10-19-8-4-5-9-21(19)18-22)26-25(28)20-12-14-23(15-13-20)27-16-6-3-7-17-27/h10-15,18,24H,2-9,16-17H2,1H3,(H,26,28). The molecule has 4 rings (SSSR count). The second-order valence-electron chi connectivity index (χ2n) is 8.26. The molecule has 0 spiro atoms. The highest BCUT2D eigenvalue weighted by molar-refractivity contribution is 5.94. The number of nitrogens with zero attached hydrogens (tertiary/aromatic N) is 1. The minimum absolute atomic E-state index is 0.0229. The number of rotatable bonds is 5. The maximum atomic E-state index is 12.8. The van der Waals surface area contributed by atoms with Gasteiger partial charge in [0.25, 0.3) is 5.91 Å². The molecule has 0 aromatic heterocycles. The Hall–Kier alpha value is -2.29. The molecule has 1 atom stereocenters. The number of aryl methyl sites for hydroxylation is 2. The molecule has 1 amide bonds. The Kier molecular flexibility index (Phi) is 5.99. The van der Waals surface area contributed by atoms with Crippen LogP contribution in [-0.2, 0) is 12.8 Å². The minimum Gasteiger partial charge on any atom is -0.372 e. The molecule has 1 saturated heterocycles. The zero-order valence-corrected chi connectivity index (χ0v) is 17.0. The molecule has 0 radical (unpaired) electrons. The van der Waals surface area contributed by atoms with Gasteiger partial charge in [-0.25, -0.2) is 0 Å². The molecule has 3 heteroatoms. The van der Waals surface area contributed by atoms with Gasteiger partial charge in [-0.05, 0) is 92.3 Å². The first-order chi connectivity index (χ1) is 13.7. The van der Waals surface area contributed by atoms with Crippen LogP contribution in [0.5, 0.6) is 0 Å². The van der Waals surface area contributed by atoms with Crippen LogP contribution in [0.15, 0.2) is 42.5 Å². The van der Waals surface area contributed by atoms with E-state index in [0.29, 0.717) is 0 Å². The van der Waals surface area contributed by atoms with Crippen molar-refractivity contribution in [1.82, 2.24) is 5.32 Å². The molecule has 1 fully saturated rings. The average Bonchev–Trinajstić information content (AvgIpc) is 2.77. The molecule has 0 bridgehead atoms. The van der Waals surface area contributed by atoms with Gasteiger partial charge in [0.15, 0.2) is 0 Å². The number of nitrogens with one attached hydrogen (secondary N) is 1. The van der Waals surface area contributed by atoms with Gasteiger partial charge in [-0.2, -0.15) is 0 Å². The highest BCUT2D eigenvalue weighted by atomic mass is 16.1. The van der Waals surface area contributed by atoms with Crippen molar-refractivity contribution in [2.75, 3.05) is 18.0 Å². The Bertz CT molecular complexity index is 806. The van der Waals surface area contributed by atoms with Crippen LogP contribution in [0.1, 0.15) is 78.5 Å².